The molecule has 1 heteroatoms. The fraction of sp³-hybridized carbons (Fsp3) is 1.00. The Kier molecular flexibility index (Phi) is 5.11. The molecule has 1 fully saturated rings. The maximum Gasteiger partial charge on any atom is 0.0461 e. The lowest BCUT2D eigenvalue weighted by Crippen LogP contribution is -2.14. The van der Waals surface area contributed by atoms with Crippen LogP contribution in [-0.4, -0.2) is 11.7 Å². The number of hydrogen-bond donors (Lipinski definition) is 1. The summed E-state index contributed by atoms with van der Waals surface area (Å²) >= 11 is 0. The summed E-state index contributed by atoms with van der Waals surface area (Å²) in [6.07, 6.45) is 5.38. The number of hydrogen-bond acceptors (Lipinski definition) is 1. The van der Waals surface area contributed by atoms with E-state index in [4.69, 9.17) is 0 Å². The van der Waals surface area contributed by atoms with Crippen LogP contribution in [0.3, 0.4) is 0 Å². The summed E-state index contributed by atoms with van der Waals surface area (Å²) in [7, 11) is 0. The van der Waals surface area contributed by atoms with E-state index in [0.29, 0.717) is 18.4 Å². The first-order valence-corrected chi connectivity index (χ1v) is 6.65. The number of aliphatic hydroxyl groups excluding tert-OH is 1. The van der Waals surface area contributed by atoms with Gasteiger partial charge >= 0.3 is 0 Å². The minimum absolute atomic E-state index is 0.371. The predicted molar refractivity (Wildman–Crippen MR) is 65.7 cm³/mol. The molecule has 3 unspecified atom stereocenters. The van der Waals surface area contributed by atoms with Crippen molar-refractivity contribution in [3.05, 3.63) is 0 Å². The largest absolute Gasteiger partial charge is 0.396 e. The third kappa shape index (κ3) is 3.79. The van der Waals surface area contributed by atoms with Crippen LogP contribution in [0, 0.1) is 29.6 Å². The van der Waals surface area contributed by atoms with Crippen LogP contribution in [0.2, 0.25) is 0 Å². The van der Waals surface area contributed by atoms with Crippen molar-refractivity contribution in [2.24, 2.45) is 29.6 Å². The fourth-order valence-corrected chi connectivity index (χ4v) is 2.93. The Morgan fingerprint density at radius 2 is 1.67 bits per heavy atom. The van der Waals surface area contributed by atoms with E-state index in [1.54, 1.807) is 0 Å². The monoisotopic (exact) mass is 212 g/mol. The highest BCUT2D eigenvalue weighted by Gasteiger charge is 2.28. The van der Waals surface area contributed by atoms with Crippen molar-refractivity contribution in [1.29, 1.82) is 0 Å². The lowest BCUT2D eigenvalue weighted by Gasteiger charge is -2.20. The topological polar surface area (TPSA) is 20.2 Å². The molecular formula is C14H28O. The van der Waals surface area contributed by atoms with E-state index in [0.717, 1.165) is 17.8 Å². The van der Waals surface area contributed by atoms with Gasteiger partial charge in [0.25, 0.3) is 0 Å². The molecule has 1 saturated carbocycles. The van der Waals surface area contributed by atoms with Crippen LogP contribution in [0.25, 0.3) is 0 Å². The summed E-state index contributed by atoms with van der Waals surface area (Å²) in [6, 6.07) is 0. The normalized spacial score (nSPS) is 33.6. The lowest BCUT2D eigenvalue weighted by molar-refractivity contribution is 0.172. The second-order valence-corrected chi connectivity index (χ2v) is 6.06. The van der Waals surface area contributed by atoms with Crippen LogP contribution >= 0.6 is 0 Å². The van der Waals surface area contributed by atoms with Crippen molar-refractivity contribution in [3.63, 3.8) is 0 Å². The van der Waals surface area contributed by atoms with Gasteiger partial charge in [-0.25, -0.2) is 0 Å². The van der Waals surface area contributed by atoms with Crippen molar-refractivity contribution in [1.82, 2.24) is 0 Å². The summed E-state index contributed by atoms with van der Waals surface area (Å²) in [5, 5.41) is 9.27. The van der Waals surface area contributed by atoms with E-state index in [9.17, 15) is 5.11 Å². The Hall–Kier alpha value is -0.0400. The van der Waals surface area contributed by atoms with Gasteiger partial charge in [0, 0.05) is 6.61 Å². The Balaban J connectivity index is 2.25. The van der Waals surface area contributed by atoms with Crippen LogP contribution < -0.4 is 0 Å². The summed E-state index contributed by atoms with van der Waals surface area (Å²) in [6.45, 7) is 9.59. The Morgan fingerprint density at radius 1 is 1.13 bits per heavy atom. The molecule has 0 saturated heterocycles. The lowest BCUT2D eigenvalue weighted by atomic mass is 9.88. The van der Waals surface area contributed by atoms with Crippen molar-refractivity contribution in [3.8, 4) is 0 Å². The van der Waals surface area contributed by atoms with Gasteiger partial charge in [-0.05, 0) is 48.9 Å². The first kappa shape index (κ1) is 13.0. The molecule has 1 aliphatic rings. The molecule has 1 rings (SSSR count). The van der Waals surface area contributed by atoms with Gasteiger partial charge in [0.05, 0.1) is 0 Å². The molecule has 1 nitrogen and oxygen atoms in total. The quantitative estimate of drug-likeness (QED) is 0.736. The standard InChI is InChI=1S/C14H28O/c1-10(2)14(9-15)6-5-13-7-11(3)12(4)8-13/h10-15H,5-9H2,1-4H3. The molecule has 0 aromatic rings. The first-order valence-electron chi connectivity index (χ1n) is 6.65. The average Bonchev–Trinajstić information content (AvgIpc) is 2.47. The summed E-state index contributed by atoms with van der Waals surface area (Å²) in [5.41, 5.74) is 0. The van der Waals surface area contributed by atoms with Gasteiger partial charge in [-0.15, -0.1) is 0 Å². The van der Waals surface area contributed by atoms with E-state index in [-0.39, 0.29) is 0 Å². The average molecular weight is 212 g/mol. The molecule has 0 bridgehead atoms. The molecular weight excluding hydrogens is 184 g/mol. The smallest absolute Gasteiger partial charge is 0.0461 e. The van der Waals surface area contributed by atoms with Crippen LogP contribution in [0.5, 0.6) is 0 Å². The van der Waals surface area contributed by atoms with Crippen molar-refractivity contribution < 1.29 is 5.11 Å². The molecule has 15 heavy (non-hydrogen) atoms. The van der Waals surface area contributed by atoms with E-state index in [1.165, 1.54) is 25.7 Å². The van der Waals surface area contributed by atoms with Crippen LogP contribution in [0.15, 0.2) is 0 Å². The van der Waals surface area contributed by atoms with E-state index >= 15 is 0 Å². The van der Waals surface area contributed by atoms with Gasteiger partial charge in [-0.3, -0.25) is 0 Å². The van der Waals surface area contributed by atoms with Gasteiger partial charge in [0.15, 0.2) is 0 Å². The van der Waals surface area contributed by atoms with Crippen LogP contribution in [0.4, 0.5) is 0 Å². The zero-order chi connectivity index (χ0) is 11.4. The highest BCUT2D eigenvalue weighted by atomic mass is 16.3. The SMILES string of the molecule is CC(C)C(CO)CCC1CC(C)C(C)C1. The Bertz CT molecular complexity index is 166. The van der Waals surface area contributed by atoms with E-state index in [1.807, 2.05) is 0 Å². The first-order chi connectivity index (χ1) is 7.04. The zero-order valence-electron chi connectivity index (χ0n) is 10.9. The third-order valence-electron chi connectivity index (χ3n) is 4.50. The van der Waals surface area contributed by atoms with Crippen molar-refractivity contribution >= 4 is 0 Å². The second-order valence-electron chi connectivity index (χ2n) is 6.06. The molecule has 1 aliphatic carbocycles. The number of rotatable bonds is 5. The summed E-state index contributed by atoms with van der Waals surface area (Å²) in [4.78, 5) is 0. The molecule has 0 spiro atoms. The Labute approximate surface area is 95.3 Å². The highest BCUT2D eigenvalue weighted by Crippen LogP contribution is 2.39. The maximum atomic E-state index is 9.27. The minimum Gasteiger partial charge on any atom is -0.396 e. The highest BCUT2D eigenvalue weighted by molar-refractivity contribution is 4.79. The van der Waals surface area contributed by atoms with Crippen LogP contribution in [0.1, 0.15) is 53.4 Å². The molecule has 90 valence electrons. The molecule has 0 aromatic heterocycles. The van der Waals surface area contributed by atoms with E-state index in [2.05, 4.69) is 27.7 Å². The van der Waals surface area contributed by atoms with E-state index < -0.39 is 0 Å². The molecule has 0 radical (unpaired) electrons. The summed E-state index contributed by atoms with van der Waals surface area (Å²) in [5.74, 6) is 3.92. The van der Waals surface area contributed by atoms with Gasteiger partial charge in [-0.1, -0.05) is 34.1 Å². The predicted octanol–water partition coefficient (Wildman–Crippen LogP) is 3.71. The minimum atomic E-state index is 0.371. The van der Waals surface area contributed by atoms with Gasteiger partial charge in [-0.2, -0.15) is 0 Å². The molecule has 0 aliphatic heterocycles. The van der Waals surface area contributed by atoms with Crippen molar-refractivity contribution in [2.75, 3.05) is 6.61 Å². The molecule has 0 heterocycles. The zero-order valence-corrected chi connectivity index (χ0v) is 10.9. The number of aliphatic hydroxyl groups is 1. The Morgan fingerprint density at radius 3 is 2.07 bits per heavy atom. The van der Waals surface area contributed by atoms with Crippen LogP contribution in [-0.2, 0) is 0 Å². The molecule has 0 aromatic carbocycles. The molecule has 0 amide bonds. The third-order valence-corrected chi connectivity index (χ3v) is 4.50. The second kappa shape index (κ2) is 5.89. The van der Waals surface area contributed by atoms with Gasteiger partial charge < -0.3 is 5.11 Å². The van der Waals surface area contributed by atoms with Gasteiger partial charge in [0.1, 0.15) is 0 Å². The summed E-state index contributed by atoms with van der Waals surface area (Å²) < 4.78 is 0. The maximum absolute atomic E-state index is 9.27. The molecule has 3 atom stereocenters. The van der Waals surface area contributed by atoms with Crippen molar-refractivity contribution in [2.45, 2.75) is 53.4 Å². The molecule has 1 N–H and O–H groups in total. The fourth-order valence-electron chi connectivity index (χ4n) is 2.93. The van der Waals surface area contributed by atoms with Gasteiger partial charge in [0.2, 0.25) is 0 Å².